The smallest absolute Gasteiger partial charge is 0.0418 e. The van der Waals surface area contributed by atoms with Crippen molar-refractivity contribution in [3.8, 4) is 0 Å². The highest BCUT2D eigenvalue weighted by Crippen LogP contribution is 2.18. The van der Waals surface area contributed by atoms with Crippen LogP contribution in [0.25, 0.3) is 0 Å². The van der Waals surface area contributed by atoms with E-state index in [1.54, 1.807) is 0 Å². The van der Waals surface area contributed by atoms with E-state index in [1.165, 1.54) is 12.3 Å². The lowest BCUT2D eigenvalue weighted by molar-refractivity contribution is 0.417. The number of rotatable bonds is 0. The summed E-state index contributed by atoms with van der Waals surface area (Å²) in [6, 6.07) is 0. The summed E-state index contributed by atoms with van der Waals surface area (Å²) in [4.78, 5) is 0. The quantitative estimate of drug-likeness (QED) is 0.555. The van der Waals surface area contributed by atoms with Gasteiger partial charge in [0.25, 0.3) is 0 Å². The fourth-order valence-corrected chi connectivity index (χ4v) is 2.05. The zero-order valence-electron chi connectivity index (χ0n) is 6.18. The summed E-state index contributed by atoms with van der Waals surface area (Å²) in [5, 5.41) is 3.39. The SMILES string of the molecule is CC1CNCSCC1C. The molecule has 1 aliphatic heterocycles. The van der Waals surface area contributed by atoms with Gasteiger partial charge in [-0.15, -0.1) is 11.8 Å². The van der Waals surface area contributed by atoms with E-state index in [0.29, 0.717) is 0 Å². The van der Waals surface area contributed by atoms with Gasteiger partial charge in [-0.2, -0.15) is 0 Å². The lowest BCUT2D eigenvalue weighted by Gasteiger charge is -2.13. The molecule has 2 heteroatoms. The highest BCUT2D eigenvalue weighted by Gasteiger charge is 2.14. The van der Waals surface area contributed by atoms with Crippen LogP contribution in [0.3, 0.4) is 0 Å². The van der Waals surface area contributed by atoms with Crippen LogP contribution in [-0.2, 0) is 0 Å². The minimum absolute atomic E-state index is 0.861. The summed E-state index contributed by atoms with van der Waals surface area (Å²) >= 11 is 2.02. The van der Waals surface area contributed by atoms with Gasteiger partial charge < -0.3 is 5.32 Å². The predicted octanol–water partition coefficient (Wildman–Crippen LogP) is 1.55. The zero-order chi connectivity index (χ0) is 6.69. The van der Waals surface area contributed by atoms with Crippen molar-refractivity contribution < 1.29 is 0 Å². The molecule has 2 unspecified atom stereocenters. The van der Waals surface area contributed by atoms with Gasteiger partial charge in [-0.25, -0.2) is 0 Å². The van der Waals surface area contributed by atoms with Gasteiger partial charge in [-0.1, -0.05) is 13.8 Å². The Morgan fingerprint density at radius 3 is 2.89 bits per heavy atom. The molecule has 0 amide bonds. The average molecular weight is 145 g/mol. The molecule has 0 spiro atoms. The highest BCUT2D eigenvalue weighted by molar-refractivity contribution is 7.99. The number of thioether (sulfide) groups is 1. The van der Waals surface area contributed by atoms with E-state index in [1.807, 2.05) is 11.8 Å². The van der Waals surface area contributed by atoms with E-state index in [-0.39, 0.29) is 0 Å². The summed E-state index contributed by atoms with van der Waals surface area (Å²) in [7, 11) is 0. The molecule has 1 fully saturated rings. The first kappa shape index (κ1) is 7.42. The highest BCUT2D eigenvalue weighted by atomic mass is 32.2. The molecular weight excluding hydrogens is 130 g/mol. The number of hydrogen-bond acceptors (Lipinski definition) is 2. The largest absolute Gasteiger partial charge is 0.308 e. The molecule has 1 aliphatic rings. The zero-order valence-corrected chi connectivity index (χ0v) is 7.00. The van der Waals surface area contributed by atoms with E-state index >= 15 is 0 Å². The fraction of sp³-hybridized carbons (Fsp3) is 1.00. The molecule has 2 atom stereocenters. The summed E-state index contributed by atoms with van der Waals surface area (Å²) in [6.07, 6.45) is 0. The Labute approximate surface area is 61.6 Å². The predicted molar refractivity (Wildman–Crippen MR) is 43.7 cm³/mol. The van der Waals surface area contributed by atoms with Crippen LogP contribution >= 0.6 is 11.8 Å². The van der Waals surface area contributed by atoms with Crippen LogP contribution in [-0.4, -0.2) is 18.2 Å². The van der Waals surface area contributed by atoms with Gasteiger partial charge in [0, 0.05) is 5.88 Å². The monoisotopic (exact) mass is 145 g/mol. The summed E-state index contributed by atoms with van der Waals surface area (Å²) in [5.41, 5.74) is 0. The molecule has 0 aromatic heterocycles. The van der Waals surface area contributed by atoms with Crippen molar-refractivity contribution in [3.05, 3.63) is 0 Å². The average Bonchev–Trinajstić information content (AvgIpc) is 1.99. The first-order valence-electron chi connectivity index (χ1n) is 3.59. The molecule has 1 N–H and O–H groups in total. The molecule has 1 nitrogen and oxygen atoms in total. The second-order valence-corrected chi connectivity index (χ2v) is 3.95. The topological polar surface area (TPSA) is 12.0 Å². The lowest BCUT2D eigenvalue weighted by Crippen LogP contribution is -2.21. The standard InChI is InChI=1S/C7H15NS/c1-6-3-8-5-9-4-7(6)2/h6-8H,3-5H2,1-2H3. The van der Waals surface area contributed by atoms with Crippen molar-refractivity contribution in [2.75, 3.05) is 18.2 Å². The maximum atomic E-state index is 3.39. The van der Waals surface area contributed by atoms with Crippen molar-refractivity contribution in [1.82, 2.24) is 5.32 Å². The molecule has 0 saturated carbocycles. The maximum Gasteiger partial charge on any atom is 0.0418 e. The van der Waals surface area contributed by atoms with Crippen molar-refractivity contribution in [2.24, 2.45) is 11.8 Å². The second kappa shape index (κ2) is 3.47. The Hall–Kier alpha value is 0.310. The summed E-state index contributed by atoms with van der Waals surface area (Å²) in [5.74, 6) is 4.23. The third kappa shape index (κ3) is 2.18. The second-order valence-electron chi connectivity index (χ2n) is 2.92. The molecule has 1 saturated heterocycles. The van der Waals surface area contributed by atoms with E-state index in [2.05, 4.69) is 19.2 Å². The van der Waals surface area contributed by atoms with Gasteiger partial charge in [0.15, 0.2) is 0 Å². The Morgan fingerprint density at radius 2 is 2.11 bits per heavy atom. The van der Waals surface area contributed by atoms with Gasteiger partial charge in [0.2, 0.25) is 0 Å². The molecule has 1 rings (SSSR count). The van der Waals surface area contributed by atoms with Gasteiger partial charge in [-0.3, -0.25) is 0 Å². The molecule has 9 heavy (non-hydrogen) atoms. The van der Waals surface area contributed by atoms with E-state index in [9.17, 15) is 0 Å². The van der Waals surface area contributed by atoms with Gasteiger partial charge >= 0.3 is 0 Å². The van der Waals surface area contributed by atoms with Crippen LogP contribution < -0.4 is 5.32 Å². The molecule has 0 aliphatic carbocycles. The molecule has 0 bridgehead atoms. The number of nitrogens with one attached hydrogen (secondary N) is 1. The maximum absolute atomic E-state index is 3.39. The van der Waals surface area contributed by atoms with Crippen LogP contribution in [0.15, 0.2) is 0 Å². The first-order valence-corrected chi connectivity index (χ1v) is 4.74. The van der Waals surface area contributed by atoms with Gasteiger partial charge in [0.05, 0.1) is 0 Å². The lowest BCUT2D eigenvalue weighted by atomic mass is 9.98. The normalized spacial score (nSPS) is 38.0. The number of hydrogen-bond donors (Lipinski definition) is 1. The minimum atomic E-state index is 0.861. The van der Waals surface area contributed by atoms with Crippen LogP contribution in [0.1, 0.15) is 13.8 Å². The van der Waals surface area contributed by atoms with Crippen molar-refractivity contribution in [3.63, 3.8) is 0 Å². The van der Waals surface area contributed by atoms with Gasteiger partial charge in [-0.05, 0) is 24.1 Å². The third-order valence-corrected chi connectivity index (χ3v) is 3.19. The Kier molecular flexibility index (Phi) is 2.86. The Balaban J connectivity index is 2.32. The third-order valence-electron chi connectivity index (χ3n) is 2.02. The Bertz CT molecular complexity index is 75.0. The summed E-state index contributed by atoms with van der Waals surface area (Å²) < 4.78 is 0. The van der Waals surface area contributed by atoms with Crippen molar-refractivity contribution >= 4 is 11.8 Å². The summed E-state index contributed by atoms with van der Waals surface area (Å²) in [6.45, 7) is 5.86. The van der Waals surface area contributed by atoms with E-state index < -0.39 is 0 Å². The van der Waals surface area contributed by atoms with Crippen molar-refractivity contribution in [1.29, 1.82) is 0 Å². The Morgan fingerprint density at radius 1 is 1.33 bits per heavy atom. The molecule has 54 valence electrons. The first-order chi connectivity index (χ1) is 4.30. The van der Waals surface area contributed by atoms with Crippen LogP contribution in [0.4, 0.5) is 0 Å². The molecular formula is C7H15NS. The van der Waals surface area contributed by atoms with E-state index in [0.717, 1.165) is 17.7 Å². The minimum Gasteiger partial charge on any atom is -0.308 e. The fourth-order valence-electron chi connectivity index (χ4n) is 0.969. The van der Waals surface area contributed by atoms with Crippen LogP contribution in [0.5, 0.6) is 0 Å². The van der Waals surface area contributed by atoms with Gasteiger partial charge in [0.1, 0.15) is 0 Å². The van der Waals surface area contributed by atoms with Crippen molar-refractivity contribution in [2.45, 2.75) is 13.8 Å². The molecule has 1 heterocycles. The van der Waals surface area contributed by atoms with E-state index in [4.69, 9.17) is 0 Å². The molecule has 0 radical (unpaired) electrons. The van der Waals surface area contributed by atoms with Crippen LogP contribution in [0.2, 0.25) is 0 Å². The van der Waals surface area contributed by atoms with Crippen LogP contribution in [0, 0.1) is 11.8 Å². The molecule has 0 aromatic carbocycles. The molecule has 0 aromatic rings.